The number of rotatable bonds is 4. The zero-order valence-electron chi connectivity index (χ0n) is 8.96. The molecule has 0 spiro atoms. The molecular weight excluding hydrogens is 206 g/mol. The van der Waals surface area contributed by atoms with Crippen LogP contribution in [0.2, 0.25) is 0 Å². The Balaban J connectivity index is 2.23. The fourth-order valence-electron chi connectivity index (χ4n) is 1.45. The van der Waals surface area contributed by atoms with E-state index >= 15 is 0 Å². The monoisotopic (exact) mass is 219 g/mol. The van der Waals surface area contributed by atoms with E-state index in [-0.39, 0.29) is 0 Å². The van der Waals surface area contributed by atoms with Crippen molar-refractivity contribution in [3.8, 4) is 5.75 Å². The van der Waals surface area contributed by atoms with Crippen LogP contribution in [0.5, 0.6) is 5.75 Å². The van der Waals surface area contributed by atoms with Gasteiger partial charge in [-0.3, -0.25) is 4.98 Å². The lowest BCUT2D eigenvalue weighted by Gasteiger charge is -2.09. The topological polar surface area (TPSA) is 55.5 Å². The Kier molecular flexibility index (Phi) is 3.22. The molecule has 1 atom stereocenters. The van der Waals surface area contributed by atoms with E-state index in [0.29, 0.717) is 23.5 Å². The number of nitrogens with zero attached hydrogens (tertiary/aromatic N) is 1. The molecule has 4 heteroatoms. The van der Waals surface area contributed by atoms with E-state index in [1.165, 1.54) is 12.5 Å². The van der Waals surface area contributed by atoms with Crippen molar-refractivity contribution >= 4 is 0 Å². The SMILES string of the molecule is CCOc1cncc(C(O)c2ccoc2)c1. The quantitative estimate of drug-likeness (QED) is 0.856. The van der Waals surface area contributed by atoms with Crippen LogP contribution in [0.25, 0.3) is 0 Å². The predicted molar refractivity (Wildman–Crippen MR) is 58.2 cm³/mol. The van der Waals surface area contributed by atoms with Gasteiger partial charge in [0.15, 0.2) is 0 Å². The fourth-order valence-corrected chi connectivity index (χ4v) is 1.45. The van der Waals surface area contributed by atoms with Crippen LogP contribution in [0.4, 0.5) is 0 Å². The maximum Gasteiger partial charge on any atom is 0.137 e. The summed E-state index contributed by atoms with van der Waals surface area (Å²) in [5.74, 6) is 0.655. The van der Waals surface area contributed by atoms with Crippen LogP contribution in [0.15, 0.2) is 41.5 Å². The summed E-state index contributed by atoms with van der Waals surface area (Å²) in [6.07, 6.45) is 5.54. The number of furan rings is 1. The van der Waals surface area contributed by atoms with Gasteiger partial charge in [-0.1, -0.05) is 0 Å². The Labute approximate surface area is 93.5 Å². The van der Waals surface area contributed by atoms with Gasteiger partial charge in [0.1, 0.15) is 11.9 Å². The number of hydrogen-bond donors (Lipinski definition) is 1. The van der Waals surface area contributed by atoms with E-state index in [1.807, 2.05) is 6.92 Å². The lowest BCUT2D eigenvalue weighted by molar-refractivity contribution is 0.218. The van der Waals surface area contributed by atoms with Crippen molar-refractivity contribution in [2.45, 2.75) is 13.0 Å². The van der Waals surface area contributed by atoms with Gasteiger partial charge in [-0.05, 0) is 19.1 Å². The second-order valence-electron chi connectivity index (χ2n) is 3.35. The van der Waals surface area contributed by atoms with E-state index in [1.54, 1.807) is 24.5 Å². The van der Waals surface area contributed by atoms with Crippen LogP contribution in [0, 0.1) is 0 Å². The minimum atomic E-state index is -0.730. The van der Waals surface area contributed by atoms with Gasteiger partial charge in [0.05, 0.1) is 25.3 Å². The third-order valence-corrected chi connectivity index (χ3v) is 2.22. The highest BCUT2D eigenvalue weighted by molar-refractivity contribution is 5.30. The first-order valence-corrected chi connectivity index (χ1v) is 5.09. The third kappa shape index (κ3) is 2.23. The molecule has 0 aliphatic carbocycles. The number of pyridine rings is 1. The highest BCUT2D eigenvalue weighted by Gasteiger charge is 2.12. The Morgan fingerprint density at radius 3 is 3.00 bits per heavy atom. The summed E-state index contributed by atoms with van der Waals surface area (Å²) in [6.45, 7) is 2.48. The largest absolute Gasteiger partial charge is 0.492 e. The number of ether oxygens (including phenoxy) is 1. The lowest BCUT2D eigenvalue weighted by atomic mass is 10.1. The maximum absolute atomic E-state index is 10.0. The van der Waals surface area contributed by atoms with Crippen LogP contribution in [0.1, 0.15) is 24.2 Å². The highest BCUT2D eigenvalue weighted by Crippen LogP contribution is 2.24. The van der Waals surface area contributed by atoms with Crippen molar-refractivity contribution in [1.82, 2.24) is 4.98 Å². The predicted octanol–water partition coefficient (Wildman–Crippen LogP) is 2.16. The van der Waals surface area contributed by atoms with Crippen LogP contribution in [-0.4, -0.2) is 16.7 Å². The van der Waals surface area contributed by atoms with Gasteiger partial charge >= 0.3 is 0 Å². The summed E-state index contributed by atoms with van der Waals surface area (Å²) in [4.78, 5) is 4.02. The lowest BCUT2D eigenvalue weighted by Crippen LogP contribution is -2.00. The molecule has 1 N–H and O–H groups in total. The standard InChI is InChI=1S/C12H13NO3/c1-2-16-11-5-10(6-13-7-11)12(14)9-3-4-15-8-9/h3-8,12,14H,2H2,1H3. The minimum Gasteiger partial charge on any atom is -0.492 e. The number of aliphatic hydroxyl groups excluding tert-OH is 1. The molecule has 0 radical (unpaired) electrons. The molecule has 4 nitrogen and oxygen atoms in total. The summed E-state index contributed by atoms with van der Waals surface area (Å²) < 4.78 is 10.2. The molecule has 0 saturated carbocycles. The number of aliphatic hydroxyl groups is 1. The van der Waals surface area contributed by atoms with Crippen molar-refractivity contribution < 1.29 is 14.3 Å². The highest BCUT2D eigenvalue weighted by atomic mass is 16.5. The van der Waals surface area contributed by atoms with Crippen LogP contribution < -0.4 is 4.74 Å². The molecule has 0 aromatic carbocycles. The van der Waals surface area contributed by atoms with Gasteiger partial charge in [-0.25, -0.2) is 0 Å². The fraction of sp³-hybridized carbons (Fsp3) is 0.250. The first-order valence-electron chi connectivity index (χ1n) is 5.09. The summed E-state index contributed by atoms with van der Waals surface area (Å²) in [7, 11) is 0. The molecule has 0 aliphatic rings. The summed E-state index contributed by atoms with van der Waals surface area (Å²) in [5.41, 5.74) is 1.39. The molecule has 0 aliphatic heterocycles. The minimum absolute atomic E-state index is 0.576. The molecule has 2 aromatic rings. The molecule has 0 bridgehead atoms. The summed E-state index contributed by atoms with van der Waals surface area (Å²) >= 11 is 0. The van der Waals surface area contributed by atoms with Crippen LogP contribution >= 0.6 is 0 Å². The Hall–Kier alpha value is -1.81. The number of hydrogen-bond acceptors (Lipinski definition) is 4. The van der Waals surface area contributed by atoms with Gasteiger partial charge in [0, 0.05) is 17.3 Å². The average Bonchev–Trinajstić information content (AvgIpc) is 2.82. The second kappa shape index (κ2) is 4.81. The molecule has 0 fully saturated rings. The van der Waals surface area contributed by atoms with Crippen molar-refractivity contribution in [3.63, 3.8) is 0 Å². The molecule has 16 heavy (non-hydrogen) atoms. The normalized spacial score (nSPS) is 12.4. The van der Waals surface area contributed by atoms with Gasteiger partial charge < -0.3 is 14.3 Å². The zero-order valence-corrected chi connectivity index (χ0v) is 8.96. The van der Waals surface area contributed by atoms with E-state index in [9.17, 15) is 5.11 Å². The maximum atomic E-state index is 10.0. The van der Waals surface area contributed by atoms with Crippen LogP contribution in [0.3, 0.4) is 0 Å². The second-order valence-corrected chi connectivity index (χ2v) is 3.35. The van der Waals surface area contributed by atoms with Gasteiger partial charge in [0.2, 0.25) is 0 Å². The first kappa shape index (κ1) is 10.7. The zero-order chi connectivity index (χ0) is 11.4. The van der Waals surface area contributed by atoms with E-state index in [0.717, 1.165) is 0 Å². The molecule has 84 valence electrons. The Morgan fingerprint density at radius 1 is 1.44 bits per heavy atom. The molecule has 0 saturated heterocycles. The van der Waals surface area contributed by atoms with Crippen molar-refractivity contribution in [1.29, 1.82) is 0 Å². The molecule has 2 heterocycles. The molecular formula is C12H13NO3. The average molecular weight is 219 g/mol. The van der Waals surface area contributed by atoms with Crippen molar-refractivity contribution in [3.05, 3.63) is 48.2 Å². The summed E-state index contributed by atoms with van der Waals surface area (Å²) in [6, 6.07) is 3.49. The molecule has 0 amide bonds. The third-order valence-electron chi connectivity index (χ3n) is 2.22. The Morgan fingerprint density at radius 2 is 2.31 bits per heavy atom. The van der Waals surface area contributed by atoms with Crippen molar-refractivity contribution in [2.75, 3.05) is 6.61 Å². The smallest absolute Gasteiger partial charge is 0.137 e. The number of aromatic nitrogens is 1. The van der Waals surface area contributed by atoms with Gasteiger partial charge in [0.25, 0.3) is 0 Å². The van der Waals surface area contributed by atoms with Crippen molar-refractivity contribution in [2.24, 2.45) is 0 Å². The van der Waals surface area contributed by atoms with Crippen LogP contribution in [-0.2, 0) is 0 Å². The van der Waals surface area contributed by atoms with Gasteiger partial charge in [-0.2, -0.15) is 0 Å². The van der Waals surface area contributed by atoms with Gasteiger partial charge in [-0.15, -0.1) is 0 Å². The Bertz CT molecular complexity index is 439. The first-order chi connectivity index (χ1) is 7.81. The van der Waals surface area contributed by atoms with E-state index < -0.39 is 6.10 Å². The van der Waals surface area contributed by atoms with E-state index in [4.69, 9.17) is 9.15 Å². The summed E-state index contributed by atoms with van der Waals surface area (Å²) in [5, 5.41) is 10.0. The molecule has 2 aromatic heterocycles. The molecule has 1 unspecified atom stereocenters. The van der Waals surface area contributed by atoms with E-state index in [2.05, 4.69) is 4.98 Å². The molecule has 2 rings (SSSR count).